The molecule has 0 amide bonds. The summed E-state index contributed by atoms with van der Waals surface area (Å²) in [6.07, 6.45) is 9.54. The lowest BCUT2D eigenvalue weighted by Crippen LogP contribution is -2.47. The Kier molecular flexibility index (Phi) is 9.40. The molecule has 0 aliphatic heterocycles. The van der Waals surface area contributed by atoms with Crippen LogP contribution >= 0.6 is 0 Å². The first-order valence-corrected chi connectivity index (χ1v) is 14.0. The van der Waals surface area contributed by atoms with E-state index in [4.69, 9.17) is 13.9 Å². The van der Waals surface area contributed by atoms with Crippen LogP contribution in [-0.4, -0.2) is 37.8 Å². The van der Waals surface area contributed by atoms with Crippen molar-refractivity contribution in [3.63, 3.8) is 0 Å². The van der Waals surface area contributed by atoms with Crippen LogP contribution in [0.3, 0.4) is 0 Å². The van der Waals surface area contributed by atoms with Crippen LogP contribution in [0.2, 0.25) is 18.6 Å². The van der Waals surface area contributed by atoms with Crippen LogP contribution in [0.1, 0.15) is 58.4 Å². The summed E-state index contributed by atoms with van der Waals surface area (Å²) in [4.78, 5) is 0. The highest BCUT2D eigenvalue weighted by Gasteiger charge is 2.40. The molecule has 1 aliphatic carbocycles. The Morgan fingerprint density at radius 2 is 1.76 bits per heavy atom. The van der Waals surface area contributed by atoms with Crippen molar-refractivity contribution in [1.29, 1.82) is 0 Å². The molecule has 1 aliphatic rings. The van der Waals surface area contributed by atoms with Crippen molar-refractivity contribution in [3.05, 3.63) is 48.2 Å². The molecule has 5 heteroatoms. The molecule has 0 spiro atoms. The maximum Gasteiger partial charge on any atom is 0.196 e. The van der Waals surface area contributed by atoms with Gasteiger partial charge in [-0.15, -0.1) is 0 Å². The molecule has 164 valence electrons. The zero-order valence-electron chi connectivity index (χ0n) is 18.9. The maximum atomic E-state index is 11.0. The fourth-order valence-corrected chi connectivity index (χ4v) is 7.38. The van der Waals surface area contributed by atoms with E-state index in [0.717, 1.165) is 18.4 Å². The third-order valence-corrected chi connectivity index (χ3v) is 8.62. The van der Waals surface area contributed by atoms with E-state index < -0.39 is 14.4 Å². The first kappa shape index (κ1) is 24.1. The van der Waals surface area contributed by atoms with Gasteiger partial charge in [-0.05, 0) is 71.2 Å². The summed E-state index contributed by atoms with van der Waals surface area (Å²) >= 11 is 0. The zero-order valence-corrected chi connectivity index (χ0v) is 19.9. The molecule has 1 fully saturated rings. The van der Waals surface area contributed by atoms with E-state index in [-0.39, 0.29) is 17.7 Å². The second-order valence-corrected chi connectivity index (χ2v) is 13.7. The van der Waals surface area contributed by atoms with Crippen molar-refractivity contribution >= 4 is 8.32 Å². The Balaban J connectivity index is 1.99. The Hall–Kier alpha value is -1.14. The van der Waals surface area contributed by atoms with Gasteiger partial charge in [0.05, 0.1) is 31.7 Å². The summed E-state index contributed by atoms with van der Waals surface area (Å²) in [6.45, 7) is 11.3. The summed E-state index contributed by atoms with van der Waals surface area (Å²) in [5, 5.41) is 11.0. The summed E-state index contributed by atoms with van der Waals surface area (Å²) in [5.74, 6) is 0. The first-order valence-electron chi connectivity index (χ1n) is 11.0. The van der Waals surface area contributed by atoms with Gasteiger partial charge in [0.2, 0.25) is 0 Å². The molecule has 29 heavy (non-hydrogen) atoms. The van der Waals surface area contributed by atoms with Crippen molar-refractivity contribution in [3.8, 4) is 0 Å². The number of rotatable bonds is 10. The van der Waals surface area contributed by atoms with Gasteiger partial charge in [-0.25, -0.2) is 0 Å². The first-order chi connectivity index (χ1) is 13.7. The number of aliphatic hydroxyl groups is 1. The largest absolute Gasteiger partial charge is 0.498 e. The van der Waals surface area contributed by atoms with Gasteiger partial charge in [0.1, 0.15) is 0 Å². The second kappa shape index (κ2) is 11.3. The molecule has 1 aromatic carbocycles. The molecule has 0 bridgehead atoms. The van der Waals surface area contributed by atoms with Gasteiger partial charge >= 0.3 is 0 Å². The van der Waals surface area contributed by atoms with Crippen molar-refractivity contribution < 1.29 is 19.0 Å². The van der Waals surface area contributed by atoms with Gasteiger partial charge in [0, 0.05) is 11.1 Å². The number of aliphatic hydroxyl groups excluding tert-OH is 1. The number of hydrogen-bond acceptors (Lipinski definition) is 4. The summed E-state index contributed by atoms with van der Waals surface area (Å²) in [6, 6.07) is 10.0. The molecule has 0 heterocycles. The van der Waals surface area contributed by atoms with E-state index in [1.165, 1.54) is 19.3 Å². The minimum atomic E-state index is -2.24. The number of benzene rings is 1. The lowest BCUT2D eigenvalue weighted by Gasteiger charge is -2.38. The predicted molar refractivity (Wildman–Crippen MR) is 121 cm³/mol. The molecule has 0 aromatic heterocycles. The lowest BCUT2D eigenvalue weighted by atomic mass is 9.98. The van der Waals surface area contributed by atoms with Crippen LogP contribution in [0, 0.1) is 0 Å². The maximum absolute atomic E-state index is 11.0. The van der Waals surface area contributed by atoms with Gasteiger partial charge in [-0.2, -0.15) is 0 Å². The van der Waals surface area contributed by atoms with Gasteiger partial charge in [0.25, 0.3) is 0 Å². The topological polar surface area (TPSA) is 47.9 Å². The third kappa shape index (κ3) is 9.03. The highest BCUT2D eigenvalue weighted by molar-refractivity contribution is 6.73. The van der Waals surface area contributed by atoms with E-state index in [9.17, 15) is 5.11 Å². The van der Waals surface area contributed by atoms with Crippen molar-refractivity contribution in [2.24, 2.45) is 0 Å². The molecule has 2 atom stereocenters. The van der Waals surface area contributed by atoms with E-state index in [2.05, 4.69) is 33.9 Å². The summed E-state index contributed by atoms with van der Waals surface area (Å²) in [5.41, 5.74) is 0.743. The summed E-state index contributed by atoms with van der Waals surface area (Å²) < 4.78 is 18.3. The fourth-order valence-electron chi connectivity index (χ4n) is 4.10. The van der Waals surface area contributed by atoms with Crippen LogP contribution in [0.4, 0.5) is 0 Å². The highest BCUT2D eigenvalue weighted by Crippen LogP contribution is 2.33. The average Bonchev–Trinajstić information content (AvgIpc) is 2.64. The predicted octanol–water partition coefficient (Wildman–Crippen LogP) is 5.82. The molecule has 1 N–H and O–H groups in total. The molecule has 1 saturated carbocycles. The average molecular weight is 421 g/mol. The standard InChI is InChI=1S/C24H40O4Si/c1-24(2,3)28-29(4,5)23(16-17-27-21-14-10-7-11-15-21)22(25)19-26-18-20-12-8-6-9-13-20/h6,8-9,12-13,16-17,21-23,25H,7,10-11,14-15,18-19H2,1-5H3/b17-16-/t22-,23+/m0/s1. The lowest BCUT2D eigenvalue weighted by molar-refractivity contribution is 0.0223. The molecule has 0 radical (unpaired) electrons. The van der Waals surface area contributed by atoms with Crippen LogP contribution in [0.15, 0.2) is 42.7 Å². The fraction of sp³-hybridized carbons (Fsp3) is 0.667. The number of hydrogen-bond donors (Lipinski definition) is 1. The quantitative estimate of drug-likeness (QED) is 0.383. The van der Waals surface area contributed by atoms with E-state index in [0.29, 0.717) is 12.7 Å². The smallest absolute Gasteiger partial charge is 0.196 e. The SMILES string of the molecule is CC(C)(C)O[Si](C)(C)[C@H](/C=C\OC1CCCCC1)[C@@H](O)COCc1ccccc1. The normalized spacial score (nSPS) is 18.7. The molecular formula is C24H40O4Si. The Labute approximate surface area is 178 Å². The highest BCUT2D eigenvalue weighted by atomic mass is 28.4. The minimum absolute atomic E-state index is 0.110. The molecule has 0 unspecified atom stereocenters. The van der Waals surface area contributed by atoms with Crippen LogP contribution in [0.25, 0.3) is 0 Å². The van der Waals surface area contributed by atoms with Crippen molar-refractivity contribution in [2.45, 2.75) is 95.9 Å². The molecule has 2 rings (SSSR count). The Bertz CT molecular complexity index is 603. The van der Waals surface area contributed by atoms with E-state index in [1.807, 2.05) is 42.7 Å². The van der Waals surface area contributed by atoms with Crippen LogP contribution < -0.4 is 0 Å². The number of ether oxygens (including phenoxy) is 2. The second-order valence-electron chi connectivity index (χ2n) is 9.64. The molecule has 4 nitrogen and oxygen atoms in total. The van der Waals surface area contributed by atoms with Crippen molar-refractivity contribution in [1.82, 2.24) is 0 Å². The van der Waals surface area contributed by atoms with E-state index in [1.54, 1.807) is 0 Å². The monoisotopic (exact) mass is 420 g/mol. The third-order valence-electron chi connectivity index (χ3n) is 5.30. The van der Waals surface area contributed by atoms with Gasteiger partial charge in [-0.1, -0.05) is 36.8 Å². The van der Waals surface area contributed by atoms with Crippen LogP contribution in [0.5, 0.6) is 0 Å². The van der Waals surface area contributed by atoms with Gasteiger partial charge in [-0.3, -0.25) is 0 Å². The summed E-state index contributed by atoms with van der Waals surface area (Å²) in [7, 11) is -2.24. The van der Waals surface area contributed by atoms with Gasteiger partial charge < -0.3 is 19.0 Å². The van der Waals surface area contributed by atoms with Crippen LogP contribution in [-0.2, 0) is 20.5 Å². The Morgan fingerprint density at radius 3 is 2.38 bits per heavy atom. The minimum Gasteiger partial charge on any atom is -0.498 e. The molecule has 0 saturated heterocycles. The molecule has 1 aromatic rings. The van der Waals surface area contributed by atoms with Crippen molar-refractivity contribution in [2.75, 3.05) is 6.61 Å². The zero-order chi connectivity index (χ0) is 21.3. The van der Waals surface area contributed by atoms with E-state index >= 15 is 0 Å². The molecular weight excluding hydrogens is 380 g/mol. The van der Waals surface area contributed by atoms with Gasteiger partial charge in [0.15, 0.2) is 8.32 Å². The Morgan fingerprint density at radius 1 is 1.10 bits per heavy atom.